The lowest BCUT2D eigenvalue weighted by molar-refractivity contribution is 0.714. The quantitative estimate of drug-likeness (QED) is 0.641. The Morgan fingerprint density at radius 2 is 1.76 bits per heavy atom. The van der Waals surface area contributed by atoms with Gasteiger partial charge in [-0.3, -0.25) is 0 Å². The van der Waals surface area contributed by atoms with Crippen molar-refractivity contribution in [1.82, 2.24) is 4.98 Å². The number of thiazole rings is 1. The van der Waals surface area contributed by atoms with Crippen molar-refractivity contribution < 1.29 is 0 Å². The van der Waals surface area contributed by atoms with Crippen molar-refractivity contribution in [1.29, 1.82) is 0 Å². The Morgan fingerprint density at radius 3 is 2.52 bits per heavy atom. The fourth-order valence-corrected chi connectivity index (χ4v) is 3.87. The van der Waals surface area contributed by atoms with Crippen LogP contribution >= 0.6 is 33.9 Å². The second kappa shape index (κ2) is 6.68. The monoisotopic (exact) mass is 406 g/mol. The van der Waals surface area contributed by atoms with Gasteiger partial charge >= 0.3 is 0 Å². The molecule has 106 valence electrons. The molecule has 0 aliphatic rings. The fourth-order valence-electron chi connectivity index (χ4n) is 2.22. The molecule has 0 saturated carbocycles. The molecular weight excluding hydrogens is 391 g/mol. The zero-order chi connectivity index (χ0) is 14.7. The van der Waals surface area contributed by atoms with Crippen LogP contribution in [0, 0.1) is 3.57 Å². The summed E-state index contributed by atoms with van der Waals surface area (Å²) >= 11 is 4.02. The van der Waals surface area contributed by atoms with E-state index in [9.17, 15) is 0 Å². The van der Waals surface area contributed by atoms with Gasteiger partial charge in [-0.25, -0.2) is 4.98 Å². The van der Waals surface area contributed by atoms with Crippen LogP contribution in [0.2, 0.25) is 0 Å². The molecule has 1 heterocycles. The van der Waals surface area contributed by atoms with Crippen LogP contribution in [0.4, 0.5) is 0 Å². The highest BCUT2D eigenvalue weighted by molar-refractivity contribution is 14.1. The highest BCUT2D eigenvalue weighted by atomic mass is 127. The topological polar surface area (TPSA) is 38.9 Å². The van der Waals surface area contributed by atoms with Gasteiger partial charge in [0.1, 0.15) is 0 Å². The van der Waals surface area contributed by atoms with Gasteiger partial charge in [0.15, 0.2) is 0 Å². The van der Waals surface area contributed by atoms with Gasteiger partial charge in [-0.05, 0) is 34.2 Å². The first-order valence-electron chi connectivity index (χ1n) is 6.74. The van der Waals surface area contributed by atoms with Crippen LogP contribution in [0.15, 0.2) is 60.0 Å². The molecule has 0 aliphatic heterocycles. The van der Waals surface area contributed by atoms with Gasteiger partial charge in [0.05, 0.1) is 10.7 Å². The lowest BCUT2D eigenvalue weighted by Gasteiger charge is -2.12. The van der Waals surface area contributed by atoms with Crippen molar-refractivity contribution in [3.8, 4) is 11.3 Å². The normalized spacial score (nSPS) is 12.3. The van der Waals surface area contributed by atoms with Gasteiger partial charge in [-0.2, -0.15) is 0 Å². The molecule has 0 bridgehead atoms. The van der Waals surface area contributed by atoms with E-state index in [0.717, 1.165) is 22.7 Å². The highest BCUT2D eigenvalue weighted by Gasteiger charge is 2.13. The van der Waals surface area contributed by atoms with Crippen LogP contribution in [0.1, 0.15) is 16.6 Å². The Morgan fingerprint density at radius 1 is 1.05 bits per heavy atom. The summed E-state index contributed by atoms with van der Waals surface area (Å²) in [6, 6.07) is 18.5. The second-order valence-electron chi connectivity index (χ2n) is 4.82. The molecule has 0 spiro atoms. The molecule has 21 heavy (non-hydrogen) atoms. The molecule has 4 heteroatoms. The Labute approximate surface area is 142 Å². The first kappa shape index (κ1) is 14.7. The minimum absolute atomic E-state index is 0.00660. The summed E-state index contributed by atoms with van der Waals surface area (Å²) in [5.41, 5.74) is 9.72. The molecule has 2 aromatic carbocycles. The minimum atomic E-state index is -0.00660. The third-order valence-electron chi connectivity index (χ3n) is 3.32. The van der Waals surface area contributed by atoms with Gasteiger partial charge in [0.2, 0.25) is 0 Å². The molecule has 1 aromatic heterocycles. The van der Waals surface area contributed by atoms with E-state index in [0.29, 0.717) is 0 Å². The number of aromatic nitrogens is 1. The van der Waals surface area contributed by atoms with E-state index < -0.39 is 0 Å². The van der Waals surface area contributed by atoms with Gasteiger partial charge in [-0.1, -0.05) is 48.5 Å². The van der Waals surface area contributed by atoms with Crippen molar-refractivity contribution in [2.75, 3.05) is 0 Å². The van der Waals surface area contributed by atoms with Gasteiger partial charge in [-0.15, -0.1) is 11.3 Å². The molecular formula is C17H15IN2S. The van der Waals surface area contributed by atoms with Crippen LogP contribution in [0.25, 0.3) is 11.3 Å². The Balaban J connectivity index is 1.77. The van der Waals surface area contributed by atoms with E-state index in [1.807, 2.05) is 30.3 Å². The molecule has 0 saturated heterocycles. The maximum atomic E-state index is 6.34. The van der Waals surface area contributed by atoms with Gasteiger partial charge < -0.3 is 5.73 Å². The van der Waals surface area contributed by atoms with Crippen LogP contribution < -0.4 is 5.73 Å². The Bertz CT molecular complexity index is 724. The third kappa shape index (κ3) is 3.51. The summed E-state index contributed by atoms with van der Waals surface area (Å²) in [6.07, 6.45) is 0.775. The fraction of sp³-hybridized carbons (Fsp3) is 0.118. The average molecular weight is 406 g/mol. The summed E-state index contributed by atoms with van der Waals surface area (Å²) < 4.78 is 1.21. The predicted molar refractivity (Wildman–Crippen MR) is 97.3 cm³/mol. The molecule has 3 rings (SSSR count). The first-order chi connectivity index (χ1) is 10.2. The summed E-state index contributed by atoms with van der Waals surface area (Å²) in [4.78, 5) is 4.71. The summed E-state index contributed by atoms with van der Waals surface area (Å²) in [7, 11) is 0. The SMILES string of the molecule is NC(Cc1nc(-c2ccccc2)cs1)c1ccccc1I. The molecule has 0 radical (unpaired) electrons. The first-order valence-corrected chi connectivity index (χ1v) is 8.69. The summed E-state index contributed by atoms with van der Waals surface area (Å²) in [5.74, 6) is 0. The largest absolute Gasteiger partial charge is 0.324 e. The van der Waals surface area contributed by atoms with Crippen molar-refractivity contribution in [3.63, 3.8) is 0 Å². The second-order valence-corrected chi connectivity index (χ2v) is 6.93. The van der Waals surface area contributed by atoms with Crippen LogP contribution in [0.5, 0.6) is 0 Å². The number of rotatable bonds is 4. The zero-order valence-corrected chi connectivity index (χ0v) is 14.3. The smallest absolute Gasteiger partial charge is 0.0951 e. The van der Waals surface area contributed by atoms with E-state index >= 15 is 0 Å². The van der Waals surface area contributed by atoms with E-state index in [4.69, 9.17) is 10.7 Å². The molecule has 0 amide bonds. The number of halogens is 1. The molecule has 1 atom stereocenters. The lowest BCUT2D eigenvalue weighted by Crippen LogP contribution is -2.14. The molecule has 2 nitrogen and oxygen atoms in total. The van der Waals surface area contributed by atoms with Crippen molar-refractivity contribution in [2.45, 2.75) is 12.5 Å². The highest BCUT2D eigenvalue weighted by Crippen LogP contribution is 2.26. The Kier molecular flexibility index (Phi) is 4.67. The van der Waals surface area contributed by atoms with E-state index in [-0.39, 0.29) is 6.04 Å². The van der Waals surface area contributed by atoms with Crippen molar-refractivity contribution in [3.05, 3.63) is 74.1 Å². The van der Waals surface area contributed by atoms with Crippen molar-refractivity contribution in [2.24, 2.45) is 5.73 Å². The van der Waals surface area contributed by atoms with E-state index in [1.54, 1.807) is 11.3 Å². The summed E-state index contributed by atoms with van der Waals surface area (Å²) in [5, 5.41) is 3.19. The van der Waals surface area contributed by atoms with E-state index in [2.05, 4.69) is 52.2 Å². The average Bonchev–Trinajstić information content (AvgIpc) is 2.97. The number of hydrogen-bond donors (Lipinski definition) is 1. The molecule has 3 aromatic rings. The standard InChI is InChI=1S/C17H15IN2S/c18-14-9-5-4-8-13(14)15(19)10-17-20-16(11-21-17)12-6-2-1-3-7-12/h1-9,11,15H,10,19H2. The molecule has 0 aliphatic carbocycles. The lowest BCUT2D eigenvalue weighted by atomic mass is 10.1. The van der Waals surface area contributed by atoms with Crippen molar-refractivity contribution >= 4 is 33.9 Å². The number of nitrogens with two attached hydrogens (primary N) is 1. The number of benzene rings is 2. The number of nitrogens with zero attached hydrogens (tertiary/aromatic N) is 1. The molecule has 0 fully saturated rings. The van der Waals surface area contributed by atoms with Crippen LogP contribution in [-0.2, 0) is 6.42 Å². The third-order valence-corrected chi connectivity index (χ3v) is 5.17. The van der Waals surface area contributed by atoms with Crippen LogP contribution in [-0.4, -0.2) is 4.98 Å². The van der Waals surface area contributed by atoms with E-state index in [1.165, 1.54) is 9.13 Å². The minimum Gasteiger partial charge on any atom is -0.324 e. The predicted octanol–water partition coefficient (Wildman–Crippen LogP) is 4.66. The van der Waals surface area contributed by atoms with Crippen LogP contribution in [0.3, 0.4) is 0 Å². The number of hydrogen-bond acceptors (Lipinski definition) is 3. The summed E-state index contributed by atoms with van der Waals surface area (Å²) in [6.45, 7) is 0. The maximum absolute atomic E-state index is 6.34. The van der Waals surface area contributed by atoms with Gasteiger partial charge in [0, 0.05) is 27.0 Å². The molecule has 2 N–H and O–H groups in total. The molecule has 1 unspecified atom stereocenters. The van der Waals surface area contributed by atoms with Gasteiger partial charge in [0.25, 0.3) is 0 Å². The zero-order valence-electron chi connectivity index (χ0n) is 11.4. The maximum Gasteiger partial charge on any atom is 0.0951 e. The Hall–Kier alpha value is -1.24.